The van der Waals surface area contributed by atoms with Gasteiger partial charge in [-0.3, -0.25) is 0 Å². The van der Waals surface area contributed by atoms with Gasteiger partial charge in [-0.1, -0.05) is 31.4 Å². The second-order valence-electron chi connectivity index (χ2n) is 5.09. The van der Waals surface area contributed by atoms with Gasteiger partial charge in [0, 0.05) is 17.3 Å². The number of benzene rings is 1. The molecule has 1 heterocycles. The molecule has 0 spiro atoms. The molecule has 1 aromatic carbocycles. The lowest BCUT2D eigenvalue weighted by atomic mass is 9.83. The fourth-order valence-corrected chi connectivity index (χ4v) is 2.88. The summed E-state index contributed by atoms with van der Waals surface area (Å²) in [5.41, 5.74) is 2.34. The highest BCUT2D eigenvalue weighted by atomic mass is 19.1. The molecule has 0 saturated heterocycles. The molecular formula is C16H16FN2. The lowest BCUT2D eigenvalue weighted by Crippen LogP contribution is -2.08. The van der Waals surface area contributed by atoms with E-state index in [1.807, 2.05) is 12.3 Å². The molecule has 2 aromatic rings. The van der Waals surface area contributed by atoms with E-state index in [0.717, 1.165) is 18.4 Å². The smallest absolute Gasteiger partial charge is 0.198 e. The van der Waals surface area contributed by atoms with Gasteiger partial charge in [-0.05, 0) is 30.9 Å². The van der Waals surface area contributed by atoms with Crippen molar-refractivity contribution in [2.24, 2.45) is 0 Å². The summed E-state index contributed by atoms with van der Waals surface area (Å²) < 4.78 is 13.9. The van der Waals surface area contributed by atoms with E-state index in [2.05, 4.69) is 16.3 Å². The van der Waals surface area contributed by atoms with Crippen molar-refractivity contribution in [2.45, 2.75) is 38.0 Å². The van der Waals surface area contributed by atoms with E-state index >= 15 is 0 Å². The van der Waals surface area contributed by atoms with Crippen LogP contribution in [0.25, 0.3) is 11.3 Å². The summed E-state index contributed by atoms with van der Waals surface area (Å²) in [7, 11) is 0. The van der Waals surface area contributed by atoms with Gasteiger partial charge in [-0.15, -0.1) is 0 Å². The van der Waals surface area contributed by atoms with Gasteiger partial charge in [0.05, 0.1) is 5.69 Å². The maximum absolute atomic E-state index is 13.9. The Kier molecular flexibility index (Phi) is 3.53. The summed E-state index contributed by atoms with van der Waals surface area (Å²) >= 11 is 0. The normalized spacial score (nSPS) is 16.5. The SMILES string of the molecule is Fc1ccccc1-c1n[c]ncc1C1CCCCC1. The quantitative estimate of drug-likeness (QED) is 0.806. The van der Waals surface area contributed by atoms with E-state index in [-0.39, 0.29) is 5.82 Å². The molecule has 1 saturated carbocycles. The summed E-state index contributed by atoms with van der Waals surface area (Å²) in [5, 5.41) is 0. The molecule has 1 aliphatic carbocycles. The maximum Gasteiger partial charge on any atom is 0.198 e. The van der Waals surface area contributed by atoms with Gasteiger partial charge < -0.3 is 0 Å². The molecule has 0 bridgehead atoms. The zero-order valence-electron chi connectivity index (χ0n) is 10.8. The molecule has 19 heavy (non-hydrogen) atoms. The van der Waals surface area contributed by atoms with Gasteiger partial charge in [0.2, 0.25) is 0 Å². The Balaban J connectivity index is 2.04. The van der Waals surface area contributed by atoms with Crippen molar-refractivity contribution in [3.63, 3.8) is 0 Å². The van der Waals surface area contributed by atoms with Crippen LogP contribution in [0.4, 0.5) is 4.39 Å². The first-order valence-electron chi connectivity index (χ1n) is 6.84. The monoisotopic (exact) mass is 255 g/mol. The van der Waals surface area contributed by atoms with Gasteiger partial charge in [0.25, 0.3) is 0 Å². The Morgan fingerprint density at radius 3 is 2.68 bits per heavy atom. The first-order chi connectivity index (χ1) is 9.36. The number of halogens is 1. The Morgan fingerprint density at radius 1 is 1.11 bits per heavy atom. The third-order valence-electron chi connectivity index (χ3n) is 3.87. The van der Waals surface area contributed by atoms with Gasteiger partial charge >= 0.3 is 0 Å². The first kappa shape index (κ1) is 12.3. The topological polar surface area (TPSA) is 25.8 Å². The van der Waals surface area contributed by atoms with E-state index in [1.54, 1.807) is 12.1 Å². The Morgan fingerprint density at radius 2 is 1.89 bits per heavy atom. The van der Waals surface area contributed by atoms with Crippen molar-refractivity contribution >= 4 is 0 Å². The number of hydrogen-bond acceptors (Lipinski definition) is 2. The fraction of sp³-hybridized carbons (Fsp3) is 0.375. The molecule has 3 heteroatoms. The Labute approximate surface area is 112 Å². The molecule has 97 valence electrons. The Hall–Kier alpha value is -1.77. The van der Waals surface area contributed by atoms with E-state index in [9.17, 15) is 4.39 Å². The number of hydrogen-bond donors (Lipinski definition) is 0. The zero-order valence-corrected chi connectivity index (χ0v) is 10.8. The van der Waals surface area contributed by atoms with Crippen molar-refractivity contribution in [1.29, 1.82) is 0 Å². The third-order valence-corrected chi connectivity index (χ3v) is 3.87. The van der Waals surface area contributed by atoms with Gasteiger partial charge in [0.15, 0.2) is 6.33 Å². The second kappa shape index (κ2) is 5.47. The van der Waals surface area contributed by atoms with Crippen LogP contribution in [-0.4, -0.2) is 9.97 Å². The van der Waals surface area contributed by atoms with E-state index in [1.165, 1.54) is 25.3 Å². The summed E-state index contributed by atoms with van der Waals surface area (Å²) in [6, 6.07) is 6.79. The summed E-state index contributed by atoms with van der Waals surface area (Å²) in [6.07, 6.45) is 10.5. The number of aromatic nitrogens is 2. The molecular weight excluding hydrogens is 239 g/mol. The van der Waals surface area contributed by atoms with Crippen LogP contribution < -0.4 is 0 Å². The van der Waals surface area contributed by atoms with Crippen LogP contribution in [-0.2, 0) is 0 Å². The van der Waals surface area contributed by atoms with Gasteiger partial charge in [-0.25, -0.2) is 14.4 Å². The van der Waals surface area contributed by atoms with E-state index in [0.29, 0.717) is 17.2 Å². The lowest BCUT2D eigenvalue weighted by molar-refractivity contribution is 0.442. The molecule has 1 aromatic heterocycles. The lowest BCUT2D eigenvalue weighted by Gasteiger charge is -2.23. The largest absolute Gasteiger partial charge is 0.233 e. The van der Waals surface area contributed by atoms with Crippen LogP contribution in [0.5, 0.6) is 0 Å². The Bertz CT molecular complexity index is 562. The minimum Gasteiger partial charge on any atom is -0.233 e. The minimum absolute atomic E-state index is 0.230. The number of nitrogens with zero attached hydrogens (tertiary/aromatic N) is 2. The molecule has 2 nitrogen and oxygen atoms in total. The average molecular weight is 255 g/mol. The molecule has 0 aliphatic heterocycles. The van der Waals surface area contributed by atoms with E-state index < -0.39 is 0 Å². The number of rotatable bonds is 2. The second-order valence-corrected chi connectivity index (χ2v) is 5.09. The first-order valence-corrected chi connectivity index (χ1v) is 6.84. The molecule has 0 N–H and O–H groups in total. The van der Waals surface area contributed by atoms with Crippen LogP contribution in [0.2, 0.25) is 0 Å². The maximum atomic E-state index is 13.9. The molecule has 0 unspecified atom stereocenters. The van der Waals surface area contributed by atoms with Crippen LogP contribution in [0.3, 0.4) is 0 Å². The van der Waals surface area contributed by atoms with Crippen LogP contribution in [0.15, 0.2) is 30.5 Å². The highest BCUT2D eigenvalue weighted by Crippen LogP contribution is 2.37. The van der Waals surface area contributed by atoms with Crippen LogP contribution >= 0.6 is 0 Å². The highest BCUT2D eigenvalue weighted by molar-refractivity contribution is 5.63. The third kappa shape index (κ3) is 2.50. The molecule has 0 atom stereocenters. The van der Waals surface area contributed by atoms with Crippen molar-refractivity contribution < 1.29 is 4.39 Å². The van der Waals surface area contributed by atoms with E-state index in [4.69, 9.17) is 0 Å². The molecule has 0 amide bonds. The van der Waals surface area contributed by atoms with Gasteiger partial charge in [-0.2, -0.15) is 0 Å². The standard InChI is InChI=1S/C16H16FN2/c17-15-9-5-4-8-13(15)16-14(10-18-11-19-16)12-6-2-1-3-7-12/h4-5,8-10,12H,1-3,6-7H2. The molecule has 3 rings (SSSR count). The molecule has 1 radical (unpaired) electrons. The predicted molar refractivity (Wildman–Crippen MR) is 72.1 cm³/mol. The summed E-state index contributed by atoms with van der Waals surface area (Å²) in [4.78, 5) is 8.23. The molecule has 1 aliphatic rings. The minimum atomic E-state index is -0.230. The summed E-state index contributed by atoms with van der Waals surface area (Å²) in [6.45, 7) is 0. The van der Waals surface area contributed by atoms with Crippen LogP contribution in [0, 0.1) is 12.1 Å². The highest BCUT2D eigenvalue weighted by Gasteiger charge is 2.21. The van der Waals surface area contributed by atoms with Crippen molar-refractivity contribution in [2.75, 3.05) is 0 Å². The predicted octanol–water partition coefficient (Wildman–Crippen LogP) is 4.13. The van der Waals surface area contributed by atoms with Crippen LogP contribution in [0.1, 0.15) is 43.6 Å². The zero-order chi connectivity index (χ0) is 13.1. The molecule has 1 fully saturated rings. The van der Waals surface area contributed by atoms with Crippen molar-refractivity contribution in [3.05, 3.63) is 48.2 Å². The van der Waals surface area contributed by atoms with Crippen molar-refractivity contribution in [3.8, 4) is 11.3 Å². The fourth-order valence-electron chi connectivity index (χ4n) is 2.88. The summed E-state index contributed by atoms with van der Waals surface area (Å²) in [5.74, 6) is 0.226. The van der Waals surface area contributed by atoms with Crippen molar-refractivity contribution in [1.82, 2.24) is 9.97 Å². The average Bonchev–Trinajstić information content (AvgIpc) is 2.49. The van der Waals surface area contributed by atoms with Gasteiger partial charge in [0.1, 0.15) is 5.82 Å².